The van der Waals surface area contributed by atoms with E-state index in [4.69, 9.17) is 4.74 Å². The van der Waals surface area contributed by atoms with Gasteiger partial charge in [-0.2, -0.15) is 4.31 Å². The first-order valence-corrected chi connectivity index (χ1v) is 11.5. The summed E-state index contributed by atoms with van der Waals surface area (Å²) in [6, 6.07) is 14.2. The number of nitrogens with zero attached hydrogens (tertiary/aromatic N) is 1. The molecule has 1 saturated heterocycles. The van der Waals surface area contributed by atoms with Crippen molar-refractivity contribution in [3.63, 3.8) is 0 Å². The van der Waals surface area contributed by atoms with E-state index in [-0.39, 0.29) is 12.3 Å². The molecule has 1 fully saturated rings. The molecule has 1 heterocycles. The van der Waals surface area contributed by atoms with Crippen molar-refractivity contribution >= 4 is 15.9 Å². The van der Waals surface area contributed by atoms with Gasteiger partial charge in [0.2, 0.25) is 15.9 Å². The average molecular weight is 417 g/mol. The van der Waals surface area contributed by atoms with Crippen LogP contribution in [0.1, 0.15) is 37.3 Å². The number of carbonyl (C=O) groups is 1. The molecule has 0 aliphatic carbocycles. The third-order valence-corrected chi connectivity index (χ3v) is 6.88. The molecule has 1 aliphatic rings. The van der Waals surface area contributed by atoms with Crippen LogP contribution >= 0.6 is 0 Å². The second-order valence-electron chi connectivity index (χ2n) is 7.14. The largest absolute Gasteiger partial charge is 0.494 e. The number of piperidine rings is 1. The van der Waals surface area contributed by atoms with Crippen molar-refractivity contribution in [3.05, 3.63) is 59.7 Å². The highest BCUT2D eigenvalue weighted by atomic mass is 32.2. The van der Waals surface area contributed by atoms with E-state index in [0.29, 0.717) is 31.1 Å². The van der Waals surface area contributed by atoms with E-state index in [9.17, 15) is 13.2 Å². The Hall–Kier alpha value is -2.38. The normalized spacial score (nSPS) is 15.1. The number of rotatable bonds is 8. The summed E-state index contributed by atoms with van der Waals surface area (Å²) in [5.74, 6) is 0.704. The summed E-state index contributed by atoms with van der Waals surface area (Å²) < 4.78 is 32.3. The molecule has 0 atom stereocenters. The molecule has 3 rings (SSSR count). The van der Waals surface area contributed by atoms with Crippen LogP contribution < -0.4 is 10.1 Å². The highest BCUT2D eigenvalue weighted by Crippen LogP contribution is 2.21. The second kappa shape index (κ2) is 9.89. The average Bonchev–Trinajstić information content (AvgIpc) is 2.75. The molecule has 0 radical (unpaired) electrons. The summed E-state index contributed by atoms with van der Waals surface area (Å²) in [5, 5.41) is 2.88. The Labute approximate surface area is 172 Å². The van der Waals surface area contributed by atoms with Gasteiger partial charge >= 0.3 is 0 Å². The van der Waals surface area contributed by atoms with Gasteiger partial charge in [0.25, 0.3) is 0 Å². The van der Waals surface area contributed by atoms with Crippen LogP contribution in [-0.2, 0) is 27.8 Å². The van der Waals surface area contributed by atoms with E-state index in [2.05, 4.69) is 5.32 Å². The number of sulfonamides is 1. The highest BCUT2D eigenvalue weighted by Gasteiger charge is 2.25. The van der Waals surface area contributed by atoms with Gasteiger partial charge in [-0.3, -0.25) is 4.79 Å². The van der Waals surface area contributed by atoms with Crippen molar-refractivity contribution in [1.82, 2.24) is 9.62 Å². The molecule has 1 aliphatic heterocycles. The van der Waals surface area contributed by atoms with Crippen molar-refractivity contribution in [3.8, 4) is 5.75 Å². The Bertz CT molecular complexity index is 903. The molecule has 156 valence electrons. The van der Waals surface area contributed by atoms with Gasteiger partial charge in [0, 0.05) is 19.6 Å². The maximum Gasteiger partial charge on any atom is 0.243 e. The van der Waals surface area contributed by atoms with Crippen molar-refractivity contribution in [2.45, 2.75) is 44.0 Å². The van der Waals surface area contributed by atoms with Gasteiger partial charge in [0.15, 0.2) is 0 Å². The Balaban J connectivity index is 1.52. The molecular weight excluding hydrogens is 388 g/mol. The van der Waals surface area contributed by atoms with Crippen LogP contribution in [0.25, 0.3) is 0 Å². The molecule has 0 unspecified atom stereocenters. The quantitative estimate of drug-likeness (QED) is 0.717. The lowest BCUT2D eigenvalue weighted by Crippen LogP contribution is -2.35. The van der Waals surface area contributed by atoms with Crippen LogP contribution in [0.5, 0.6) is 5.75 Å². The van der Waals surface area contributed by atoms with Gasteiger partial charge in [-0.15, -0.1) is 0 Å². The maximum absolute atomic E-state index is 12.7. The van der Waals surface area contributed by atoms with Crippen molar-refractivity contribution in [1.29, 1.82) is 0 Å². The van der Waals surface area contributed by atoms with Crippen LogP contribution in [0, 0.1) is 0 Å². The molecule has 1 N–H and O–H groups in total. The van der Waals surface area contributed by atoms with Crippen LogP contribution in [0.15, 0.2) is 53.4 Å². The minimum atomic E-state index is -3.42. The van der Waals surface area contributed by atoms with E-state index in [0.717, 1.165) is 36.1 Å². The number of nitrogens with one attached hydrogen (secondary N) is 1. The highest BCUT2D eigenvalue weighted by molar-refractivity contribution is 7.89. The van der Waals surface area contributed by atoms with E-state index in [1.165, 1.54) is 0 Å². The number of carbonyl (C=O) groups excluding carboxylic acids is 1. The predicted molar refractivity (Wildman–Crippen MR) is 112 cm³/mol. The molecule has 0 saturated carbocycles. The van der Waals surface area contributed by atoms with Gasteiger partial charge in [-0.05, 0) is 55.2 Å². The number of hydrogen-bond donors (Lipinski definition) is 1. The lowest BCUT2D eigenvalue weighted by molar-refractivity contribution is -0.120. The Morgan fingerprint density at radius 3 is 2.21 bits per heavy atom. The van der Waals surface area contributed by atoms with Crippen LogP contribution in [0.4, 0.5) is 0 Å². The summed E-state index contributed by atoms with van der Waals surface area (Å²) in [7, 11) is -3.42. The molecular formula is C22H28N2O4S. The number of ether oxygens (including phenoxy) is 1. The first-order valence-electron chi connectivity index (χ1n) is 10.1. The first-order chi connectivity index (χ1) is 14.0. The molecule has 7 heteroatoms. The summed E-state index contributed by atoms with van der Waals surface area (Å²) in [5.41, 5.74) is 1.77. The molecule has 1 amide bonds. The molecule has 0 bridgehead atoms. The van der Waals surface area contributed by atoms with E-state index >= 15 is 0 Å². The van der Waals surface area contributed by atoms with E-state index in [1.807, 2.05) is 31.2 Å². The van der Waals surface area contributed by atoms with Crippen LogP contribution in [0.3, 0.4) is 0 Å². The number of benzene rings is 2. The lowest BCUT2D eigenvalue weighted by atomic mass is 10.1. The number of amides is 1. The Morgan fingerprint density at radius 2 is 1.59 bits per heavy atom. The second-order valence-corrected chi connectivity index (χ2v) is 9.08. The zero-order valence-electron chi connectivity index (χ0n) is 16.8. The molecule has 6 nitrogen and oxygen atoms in total. The monoisotopic (exact) mass is 416 g/mol. The fourth-order valence-corrected chi connectivity index (χ4v) is 4.87. The molecule has 0 spiro atoms. The predicted octanol–water partition coefficient (Wildman–Crippen LogP) is 3.12. The SMILES string of the molecule is CCOc1ccc(CC(=O)NCc2ccc(S(=O)(=O)N3CCCCC3)cc2)cc1. The standard InChI is InChI=1S/C22H28N2O4S/c1-2-28-20-10-6-18(7-11-20)16-22(25)23-17-19-8-12-21(13-9-19)29(26,27)24-14-4-3-5-15-24/h6-13H,2-5,14-17H2,1H3,(H,23,25). The van der Waals surface area contributed by atoms with Crippen LogP contribution in [-0.4, -0.2) is 38.3 Å². The third-order valence-electron chi connectivity index (χ3n) is 4.96. The summed E-state index contributed by atoms with van der Waals surface area (Å²) in [4.78, 5) is 12.5. The molecule has 0 aromatic heterocycles. The minimum absolute atomic E-state index is 0.0841. The molecule has 29 heavy (non-hydrogen) atoms. The third kappa shape index (κ3) is 5.81. The summed E-state index contributed by atoms with van der Waals surface area (Å²) >= 11 is 0. The zero-order valence-corrected chi connectivity index (χ0v) is 17.6. The minimum Gasteiger partial charge on any atom is -0.494 e. The van der Waals surface area contributed by atoms with Gasteiger partial charge in [0.05, 0.1) is 17.9 Å². The van der Waals surface area contributed by atoms with E-state index < -0.39 is 10.0 Å². The Kier molecular flexibility index (Phi) is 7.28. The summed E-state index contributed by atoms with van der Waals surface area (Å²) in [6.07, 6.45) is 3.20. The molecule has 2 aromatic rings. The van der Waals surface area contributed by atoms with Crippen molar-refractivity contribution < 1.29 is 17.9 Å². The van der Waals surface area contributed by atoms with Gasteiger partial charge < -0.3 is 10.1 Å². The lowest BCUT2D eigenvalue weighted by Gasteiger charge is -2.25. The topological polar surface area (TPSA) is 75.7 Å². The van der Waals surface area contributed by atoms with Crippen molar-refractivity contribution in [2.24, 2.45) is 0 Å². The Morgan fingerprint density at radius 1 is 0.966 bits per heavy atom. The number of hydrogen-bond acceptors (Lipinski definition) is 4. The first kappa shape index (κ1) is 21.3. The summed E-state index contributed by atoms with van der Waals surface area (Å²) in [6.45, 7) is 4.08. The fourth-order valence-electron chi connectivity index (χ4n) is 3.35. The van der Waals surface area contributed by atoms with Gasteiger partial charge in [-0.1, -0.05) is 30.7 Å². The van der Waals surface area contributed by atoms with Crippen molar-refractivity contribution in [2.75, 3.05) is 19.7 Å². The van der Waals surface area contributed by atoms with Gasteiger partial charge in [0.1, 0.15) is 5.75 Å². The van der Waals surface area contributed by atoms with Gasteiger partial charge in [-0.25, -0.2) is 8.42 Å². The molecule has 2 aromatic carbocycles. The van der Waals surface area contributed by atoms with Crippen LogP contribution in [0.2, 0.25) is 0 Å². The maximum atomic E-state index is 12.7. The smallest absolute Gasteiger partial charge is 0.243 e. The van der Waals surface area contributed by atoms with E-state index in [1.54, 1.807) is 28.6 Å². The fraction of sp³-hybridized carbons (Fsp3) is 0.409. The zero-order chi connectivity index (χ0) is 20.7.